The predicted molar refractivity (Wildman–Crippen MR) is 108 cm³/mol. The lowest BCUT2D eigenvalue weighted by Crippen LogP contribution is -2.72. The standard InChI is InChI=1S/C19H25F2N3O.HI/c1-11(13-5-4-12(20)10-15(13)21)23-18(22-2)24-16-14-6-9-25-17(14)19(16)7-3-8-19;/h4-5,10-11,14,16-17H,3,6-9H2,1-2H3,(H2,22,23,24);1H. The molecule has 2 N–H and O–H groups in total. The molecule has 3 aliphatic rings. The van der Waals surface area contributed by atoms with Crippen molar-refractivity contribution in [2.24, 2.45) is 16.3 Å². The third-order valence-corrected chi connectivity index (χ3v) is 6.33. The SMILES string of the molecule is CN=C(NC(C)c1ccc(F)cc1F)NC1C2CCOC2C12CCC2.I. The number of nitrogens with zero attached hydrogens (tertiary/aromatic N) is 1. The van der Waals surface area contributed by atoms with E-state index in [-0.39, 0.29) is 35.4 Å². The van der Waals surface area contributed by atoms with Gasteiger partial charge in [-0.05, 0) is 32.3 Å². The van der Waals surface area contributed by atoms with Crippen molar-refractivity contribution in [2.75, 3.05) is 13.7 Å². The molecule has 4 rings (SSSR count). The van der Waals surface area contributed by atoms with Crippen molar-refractivity contribution in [3.8, 4) is 0 Å². The van der Waals surface area contributed by atoms with E-state index in [2.05, 4.69) is 15.6 Å². The molecule has 0 radical (unpaired) electrons. The summed E-state index contributed by atoms with van der Waals surface area (Å²) in [6, 6.07) is 3.74. The Kier molecular flexibility index (Phi) is 5.77. The number of guanidine groups is 1. The highest BCUT2D eigenvalue weighted by Gasteiger charge is 2.66. The number of rotatable bonds is 3. The smallest absolute Gasteiger partial charge is 0.191 e. The van der Waals surface area contributed by atoms with E-state index in [9.17, 15) is 8.78 Å². The molecule has 1 aromatic carbocycles. The van der Waals surface area contributed by atoms with Gasteiger partial charge in [-0.3, -0.25) is 4.99 Å². The zero-order valence-electron chi connectivity index (χ0n) is 15.1. The second kappa shape index (κ2) is 7.58. The van der Waals surface area contributed by atoms with Crippen molar-refractivity contribution in [3.05, 3.63) is 35.4 Å². The Morgan fingerprint density at radius 1 is 1.35 bits per heavy atom. The molecule has 4 unspecified atom stereocenters. The van der Waals surface area contributed by atoms with Crippen LogP contribution in [0.4, 0.5) is 8.78 Å². The van der Waals surface area contributed by atoms with E-state index in [0.717, 1.165) is 19.1 Å². The van der Waals surface area contributed by atoms with Gasteiger partial charge in [0.15, 0.2) is 5.96 Å². The van der Waals surface area contributed by atoms with Crippen LogP contribution in [0.15, 0.2) is 23.2 Å². The average Bonchev–Trinajstić information content (AvgIpc) is 2.94. The van der Waals surface area contributed by atoms with Crippen LogP contribution in [0.5, 0.6) is 0 Å². The molecule has 26 heavy (non-hydrogen) atoms. The van der Waals surface area contributed by atoms with Crippen LogP contribution < -0.4 is 10.6 Å². The number of hydrogen-bond donors (Lipinski definition) is 2. The Balaban J connectivity index is 0.00000196. The summed E-state index contributed by atoms with van der Waals surface area (Å²) in [7, 11) is 1.72. The molecular weight excluding hydrogens is 451 g/mol. The molecule has 3 fully saturated rings. The normalized spacial score (nSPS) is 29.8. The summed E-state index contributed by atoms with van der Waals surface area (Å²) in [6.07, 6.45) is 5.14. The molecule has 1 heterocycles. The van der Waals surface area contributed by atoms with Crippen LogP contribution in [0.25, 0.3) is 0 Å². The summed E-state index contributed by atoms with van der Waals surface area (Å²) in [6.45, 7) is 2.70. The van der Waals surface area contributed by atoms with Crippen molar-refractivity contribution in [1.29, 1.82) is 0 Å². The van der Waals surface area contributed by atoms with E-state index in [1.165, 1.54) is 31.4 Å². The second-order valence-corrected chi connectivity index (χ2v) is 7.56. The Hall–Kier alpha value is -0.960. The van der Waals surface area contributed by atoms with Crippen molar-refractivity contribution in [1.82, 2.24) is 10.6 Å². The molecular formula is C19H26F2IN3O. The molecule has 1 saturated heterocycles. The van der Waals surface area contributed by atoms with Gasteiger partial charge >= 0.3 is 0 Å². The minimum Gasteiger partial charge on any atom is -0.377 e. The molecule has 0 bridgehead atoms. The molecule has 1 aromatic rings. The summed E-state index contributed by atoms with van der Waals surface area (Å²) < 4.78 is 33.1. The minimum atomic E-state index is -0.565. The van der Waals surface area contributed by atoms with E-state index >= 15 is 0 Å². The fraction of sp³-hybridized carbons (Fsp3) is 0.632. The number of aliphatic imine (C=N–C) groups is 1. The van der Waals surface area contributed by atoms with E-state index in [1.54, 1.807) is 7.05 Å². The first-order valence-electron chi connectivity index (χ1n) is 9.11. The van der Waals surface area contributed by atoms with Crippen molar-refractivity contribution < 1.29 is 13.5 Å². The van der Waals surface area contributed by atoms with Gasteiger partial charge in [0.2, 0.25) is 0 Å². The van der Waals surface area contributed by atoms with Crippen molar-refractivity contribution >= 4 is 29.9 Å². The highest BCUT2D eigenvalue weighted by Crippen LogP contribution is 2.62. The lowest BCUT2D eigenvalue weighted by molar-refractivity contribution is -0.171. The molecule has 4 nitrogen and oxygen atoms in total. The number of fused-ring (bicyclic) bond motifs is 2. The van der Waals surface area contributed by atoms with E-state index in [0.29, 0.717) is 29.6 Å². The summed E-state index contributed by atoms with van der Waals surface area (Å²) in [5, 5.41) is 6.81. The van der Waals surface area contributed by atoms with E-state index < -0.39 is 11.6 Å². The quantitative estimate of drug-likeness (QED) is 0.396. The number of benzene rings is 1. The average molecular weight is 477 g/mol. The Labute approximate surface area is 170 Å². The highest BCUT2D eigenvalue weighted by molar-refractivity contribution is 14.0. The van der Waals surface area contributed by atoms with Gasteiger partial charge in [-0.15, -0.1) is 24.0 Å². The van der Waals surface area contributed by atoms with Crippen LogP contribution in [0.3, 0.4) is 0 Å². The monoisotopic (exact) mass is 477 g/mol. The number of hydrogen-bond acceptors (Lipinski definition) is 2. The van der Waals surface area contributed by atoms with Gasteiger partial charge < -0.3 is 15.4 Å². The van der Waals surface area contributed by atoms with Gasteiger partial charge in [-0.25, -0.2) is 8.78 Å². The molecule has 0 amide bonds. The van der Waals surface area contributed by atoms with Crippen LogP contribution in [-0.4, -0.2) is 31.8 Å². The zero-order valence-corrected chi connectivity index (χ0v) is 17.4. The molecule has 0 aromatic heterocycles. The molecule has 4 atom stereocenters. The summed E-state index contributed by atoms with van der Waals surface area (Å²) in [5.74, 6) is 0.0954. The number of ether oxygens (including phenoxy) is 1. The number of halogens is 3. The zero-order chi connectivity index (χ0) is 17.6. The first-order valence-corrected chi connectivity index (χ1v) is 9.11. The maximum absolute atomic E-state index is 14.0. The van der Waals surface area contributed by atoms with Gasteiger partial charge in [0.1, 0.15) is 11.6 Å². The van der Waals surface area contributed by atoms with Gasteiger partial charge in [-0.1, -0.05) is 12.5 Å². The summed E-state index contributed by atoms with van der Waals surface area (Å²) in [5.41, 5.74) is 0.682. The van der Waals surface area contributed by atoms with Crippen LogP contribution in [0.2, 0.25) is 0 Å². The van der Waals surface area contributed by atoms with Gasteiger partial charge in [0.25, 0.3) is 0 Å². The molecule has 7 heteroatoms. The van der Waals surface area contributed by atoms with Crippen molar-refractivity contribution in [3.63, 3.8) is 0 Å². The predicted octanol–water partition coefficient (Wildman–Crippen LogP) is 3.77. The Morgan fingerprint density at radius 2 is 2.12 bits per heavy atom. The molecule has 2 aliphatic carbocycles. The molecule has 1 spiro atoms. The molecule has 2 saturated carbocycles. The van der Waals surface area contributed by atoms with Gasteiger partial charge in [0, 0.05) is 42.7 Å². The van der Waals surface area contributed by atoms with E-state index in [4.69, 9.17) is 4.74 Å². The van der Waals surface area contributed by atoms with Crippen LogP contribution in [-0.2, 0) is 4.74 Å². The molecule has 144 valence electrons. The number of nitrogens with one attached hydrogen (secondary N) is 2. The lowest BCUT2D eigenvalue weighted by Gasteiger charge is -2.63. The van der Waals surface area contributed by atoms with Crippen molar-refractivity contribution in [2.45, 2.75) is 50.8 Å². The topological polar surface area (TPSA) is 45.7 Å². The maximum atomic E-state index is 14.0. The summed E-state index contributed by atoms with van der Waals surface area (Å²) >= 11 is 0. The third-order valence-electron chi connectivity index (χ3n) is 6.33. The first-order chi connectivity index (χ1) is 12.0. The lowest BCUT2D eigenvalue weighted by atomic mass is 9.46. The minimum absolute atomic E-state index is 0. The Morgan fingerprint density at radius 3 is 2.73 bits per heavy atom. The fourth-order valence-corrected chi connectivity index (χ4v) is 4.91. The van der Waals surface area contributed by atoms with Crippen LogP contribution in [0, 0.1) is 23.0 Å². The fourth-order valence-electron chi connectivity index (χ4n) is 4.91. The Bertz CT molecular complexity index is 695. The summed E-state index contributed by atoms with van der Waals surface area (Å²) in [4.78, 5) is 4.32. The largest absolute Gasteiger partial charge is 0.377 e. The van der Waals surface area contributed by atoms with Gasteiger partial charge in [0.05, 0.1) is 12.1 Å². The second-order valence-electron chi connectivity index (χ2n) is 7.56. The van der Waals surface area contributed by atoms with Gasteiger partial charge in [-0.2, -0.15) is 0 Å². The third kappa shape index (κ3) is 3.10. The van der Waals surface area contributed by atoms with Crippen LogP contribution in [0.1, 0.15) is 44.2 Å². The van der Waals surface area contributed by atoms with E-state index in [1.807, 2.05) is 6.92 Å². The van der Waals surface area contributed by atoms with Crippen LogP contribution >= 0.6 is 24.0 Å². The maximum Gasteiger partial charge on any atom is 0.191 e. The first kappa shape index (κ1) is 19.8. The highest BCUT2D eigenvalue weighted by atomic mass is 127. The molecule has 1 aliphatic heterocycles.